The monoisotopic (exact) mass is 332 g/mol. The Morgan fingerprint density at radius 3 is 1.88 bits per heavy atom. The molecule has 0 aliphatic rings. The maximum Gasteiger partial charge on any atom is 1.00 e. The minimum absolute atomic E-state index is 0. The molecule has 0 aliphatic heterocycles. The van der Waals surface area contributed by atoms with Crippen molar-refractivity contribution >= 4 is 28.0 Å². The summed E-state index contributed by atoms with van der Waals surface area (Å²) in [7, 11) is 3.95. The van der Waals surface area contributed by atoms with Crippen LogP contribution in [0.25, 0.3) is 10.9 Å². The number of anilines is 3. The molecule has 0 saturated carbocycles. The molecule has 1 aromatic heterocycles. The Bertz CT molecular complexity index is 972. The van der Waals surface area contributed by atoms with Crippen LogP contribution in [0.15, 0.2) is 91.1 Å². The topological polar surface area (TPSA) is 30.2 Å². The first-order chi connectivity index (χ1) is 12.3. The molecular weight excluding hydrogens is 315 g/mol. The van der Waals surface area contributed by atoms with Crippen LogP contribution in [0.3, 0.4) is 0 Å². The Morgan fingerprint density at radius 1 is 0.731 bits per heavy atom. The SMILES string of the molecule is [CH2-][n+]1cccc2c(N(c3ccccc3)c3ccccc3)ccc([O-])c21.[Li+]. The van der Waals surface area contributed by atoms with E-state index in [1.165, 1.54) is 0 Å². The van der Waals surface area contributed by atoms with E-state index in [1.54, 1.807) is 16.8 Å². The third kappa shape index (κ3) is 3.15. The molecule has 0 atom stereocenters. The molecule has 0 unspecified atom stereocenters. The average molecular weight is 332 g/mol. The van der Waals surface area contributed by atoms with Gasteiger partial charge in [0.1, 0.15) is 5.52 Å². The van der Waals surface area contributed by atoms with E-state index in [0.717, 1.165) is 22.4 Å². The zero-order valence-electron chi connectivity index (χ0n) is 14.7. The average Bonchev–Trinajstić information content (AvgIpc) is 2.66. The minimum Gasteiger partial charge on any atom is -0.877 e. The number of hydrogen-bond acceptors (Lipinski definition) is 2. The Labute approximate surface area is 165 Å². The summed E-state index contributed by atoms with van der Waals surface area (Å²) in [6.07, 6.45) is 1.79. The molecule has 1 heterocycles. The molecule has 4 heteroatoms. The molecule has 4 aromatic rings. The number of pyridine rings is 1. The number of rotatable bonds is 3. The molecule has 3 aromatic carbocycles. The van der Waals surface area contributed by atoms with Crippen LogP contribution in [-0.2, 0) is 0 Å². The van der Waals surface area contributed by atoms with Gasteiger partial charge in [0.2, 0.25) is 0 Å². The molecule has 0 bridgehead atoms. The molecule has 0 amide bonds. The minimum atomic E-state index is -0.0320. The van der Waals surface area contributed by atoms with Gasteiger partial charge in [0.05, 0.1) is 6.20 Å². The van der Waals surface area contributed by atoms with Crippen LogP contribution in [0.5, 0.6) is 5.75 Å². The van der Waals surface area contributed by atoms with E-state index >= 15 is 0 Å². The van der Waals surface area contributed by atoms with Gasteiger partial charge in [0, 0.05) is 29.5 Å². The maximum absolute atomic E-state index is 12.4. The zero-order chi connectivity index (χ0) is 17.2. The van der Waals surface area contributed by atoms with Gasteiger partial charge in [-0.05, 0) is 30.3 Å². The van der Waals surface area contributed by atoms with Gasteiger partial charge in [-0.3, -0.25) is 0 Å². The number of nitrogens with zero attached hydrogens (tertiary/aromatic N) is 2. The van der Waals surface area contributed by atoms with E-state index in [1.807, 2.05) is 54.6 Å². The van der Waals surface area contributed by atoms with E-state index < -0.39 is 0 Å². The van der Waals surface area contributed by atoms with E-state index in [-0.39, 0.29) is 24.6 Å². The summed E-state index contributed by atoms with van der Waals surface area (Å²) in [5.41, 5.74) is 3.61. The fourth-order valence-corrected chi connectivity index (χ4v) is 3.13. The van der Waals surface area contributed by atoms with Crippen LogP contribution in [-0.4, -0.2) is 0 Å². The summed E-state index contributed by atoms with van der Waals surface area (Å²) in [5.74, 6) is -0.0320. The number of benzene rings is 3. The molecule has 0 fully saturated rings. The molecule has 0 N–H and O–H groups in total. The van der Waals surface area contributed by atoms with Gasteiger partial charge < -0.3 is 14.6 Å². The fraction of sp³-hybridized carbons (Fsp3) is 0. The standard InChI is InChI=1S/C22H18N2O.Li/c1-23-16-8-13-19-20(14-15-21(25)22(19)23)24(17-9-4-2-5-10-17)18-11-6-3-7-12-18;/h2-16,25H,1H2;/q;+1/p-1. The van der Waals surface area contributed by atoms with Gasteiger partial charge in [-0.25, -0.2) is 0 Å². The van der Waals surface area contributed by atoms with Crippen molar-refractivity contribution in [2.24, 2.45) is 0 Å². The molecule has 0 radical (unpaired) electrons. The first-order valence-corrected chi connectivity index (χ1v) is 8.11. The van der Waals surface area contributed by atoms with Crippen molar-refractivity contribution in [2.75, 3.05) is 4.90 Å². The van der Waals surface area contributed by atoms with Crippen LogP contribution in [0.1, 0.15) is 0 Å². The number of fused-ring (bicyclic) bond motifs is 1. The number of aromatic nitrogens is 1. The molecule has 0 aliphatic carbocycles. The molecule has 3 nitrogen and oxygen atoms in total. The van der Waals surface area contributed by atoms with Gasteiger partial charge in [0.25, 0.3) is 0 Å². The van der Waals surface area contributed by atoms with E-state index in [9.17, 15) is 5.11 Å². The van der Waals surface area contributed by atoms with Gasteiger partial charge in [-0.1, -0.05) is 60.3 Å². The summed E-state index contributed by atoms with van der Waals surface area (Å²) in [4.78, 5) is 2.15. The summed E-state index contributed by atoms with van der Waals surface area (Å²) in [6, 6.07) is 27.6. The first kappa shape index (κ1) is 17.9. The smallest absolute Gasteiger partial charge is 0.877 e. The van der Waals surface area contributed by atoms with Crippen molar-refractivity contribution in [2.45, 2.75) is 0 Å². The predicted octanol–water partition coefficient (Wildman–Crippen LogP) is 1.31. The molecule has 122 valence electrons. The summed E-state index contributed by atoms with van der Waals surface area (Å²) >= 11 is 0. The van der Waals surface area contributed by atoms with Crippen LogP contribution in [0.2, 0.25) is 0 Å². The van der Waals surface area contributed by atoms with Crippen molar-refractivity contribution in [3.63, 3.8) is 0 Å². The molecule has 26 heavy (non-hydrogen) atoms. The Hall–Kier alpha value is -2.86. The summed E-state index contributed by atoms with van der Waals surface area (Å²) in [6.45, 7) is 0. The molecule has 0 saturated heterocycles. The Morgan fingerprint density at radius 2 is 1.31 bits per heavy atom. The zero-order valence-corrected chi connectivity index (χ0v) is 14.7. The fourth-order valence-electron chi connectivity index (χ4n) is 3.13. The largest absolute Gasteiger partial charge is 1.00 e. The van der Waals surface area contributed by atoms with Crippen LogP contribution >= 0.6 is 0 Å². The Balaban J connectivity index is 0.00000196. The molecule has 0 spiro atoms. The third-order valence-electron chi connectivity index (χ3n) is 4.24. The number of hydrogen-bond donors (Lipinski definition) is 0. The predicted molar refractivity (Wildman–Crippen MR) is 99.0 cm³/mol. The summed E-state index contributed by atoms with van der Waals surface area (Å²) < 4.78 is 1.63. The van der Waals surface area contributed by atoms with Gasteiger partial charge >= 0.3 is 18.9 Å². The number of para-hydroxylation sites is 2. The van der Waals surface area contributed by atoms with Crippen molar-refractivity contribution in [3.05, 3.63) is 98.2 Å². The van der Waals surface area contributed by atoms with Crippen molar-refractivity contribution in [1.82, 2.24) is 0 Å². The Kier molecular flexibility index (Phi) is 5.23. The van der Waals surface area contributed by atoms with Gasteiger partial charge in [0.15, 0.2) is 0 Å². The second-order valence-corrected chi connectivity index (χ2v) is 5.83. The van der Waals surface area contributed by atoms with E-state index in [2.05, 4.69) is 36.2 Å². The molecular formula is C22H17LiN2O. The molecule has 4 rings (SSSR count). The van der Waals surface area contributed by atoms with Crippen LogP contribution < -0.4 is 33.4 Å². The quantitative estimate of drug-likeness (QED) is 0.322. The van der Waals surface area contributed by atoms with Crippen molar-refractivity contribution < 1.29 is 28.5 Å². The van der Waals surface area contributed by atoms with Crippen molar-refractivity contribution in [1.29, 1.82) is 0 Å². The van der Waals surface area contributed by atoms with Crippen molar-refractivity contribution in [3.8, 4) is 5.75 Å². The van der Waals surface area contributed by atoms with Gasteiger partial charge in [-0.2, -0.15) is 0 Å². The second kappa shape index (κ2) is 7.57. The van der Waals surface area contributed by atoms with Gasteiger partial charge in [-0.15, -0.1) is 0 Å². The summed E-state index contributed by atoms with van der Waals surface area (Å²) in [5, 5.41) is 13.2. The third-order valence-corrected chi connectivity index (χ3v) is 4.24. The second-order valence-electron chi connectivity index (χ2n) is 5.83. The maximum atomic E-state index is 12.4. The van der Waals surface area contributed by atoms with Crippen LogP contribution in [0.4, 0.5) is 17.1 Å². The normalized spacial score (nSPS) is 10.3. The van der Waals surface area contributed by atoms with Crippen LogP contribution in [0, 0.1) is 7.05 Å². The van der Waals surface area contributed by atoms with E-state index in [0.29, 0.717) is 5.52 Å². The van der Waals surface area contributed by atoms with E-state index in [4.69, 9.17) is 0 Å². The first-order valence-electron chi connectivity index (χ1n) is 8.11.